The molecule has 0 saturated heterocycles. The fraction of sp³-hybridized carbons (Fsp3) is 0.900. The minimum absolute atomic E-state index is 0.143. The number of hydrogen-bond donors (Lipinski definition) is 2. The molecule has 26 heavy (non-hydrogen) atoms. The Morgan fingerprint density at radius 2 is 1.58 bits per heavy atom. The standard InChI is InChI=1S/C20H39NO5/c1-6-25-18(23)13-11-9-8-10-12-16(19(24)26-7-2)21-15-14-17(22)20(3,4)5/h16-17,21-22H,6-15H2,1-5H3. The average Bonchev–Trinajstić information content (AvgIpc) is 2.55. The maximum atomic E-state index is 12.1. The van der Waals surface area contributed by atoms with Gasteiger partial charge in [0, 0.05) is 6.42 Å². The Labute approximate surface area is 159 Å². The SMILES string of the molecule is CCOC(=O)CCCCCCC(NCCC(O)C(C)(C)C)C(=O)OCC. The van der Waals surface area contributed by atoms with Gasteiger partial charge in [-0.25, -0.2) is 0 Å². The van der Waals surface area contributed by atoms with Crippen LogP contribution in [0.2, 0.25) is 0 Å². The summed E-state index contributed by atoms with van der Waals surface area (Å²) in [7, 11) is 0. The van der Waals surface area contributed by atoms with Crippen molar-refractivity contribution in [1.29, 1.82) is 0 Å². The molecular formula is C20H39NO5. The number of carbonyl (C=O) groups is 2. The highest BCUT2D eigenvalue weighted by Gasteiger charge is 2.23. The fourth-order valence-corrected chi connectivity index (χ4v) is 2.58. The van der Waals surface area contributed by atoms with Crippen molar-refractivity contribution in [3.63, 3.8) is 0 Å². The molecule has 0 aromatic carbocycles. The van der Waals surface area contributed by atoms with Crippen LogP contribution in [0.1, 0.15) is 79.6 Å². The third-order valence-corrected chi connectivity index (χ3v) is 4.31. The zero-order chi connectivity index (χ0) is 20.0. The van der Waals surface area contributed by atoms with E-state index in [9.17, 15) is 14.7 Å². The van der Waals surface area contributed by atoms with Crippen molar-refractivity contribution in [3.8, 4) is 0 Å². The van der Waals surface area contributed by atoms with Gasteiger partial charge in [-0.15, -0.1) is 0 Å². The predicted molar refractivity (Wildman–Crippen MR) is 103 cm³/mol. The van der Waals surface area contributed by atoms with Crippen molar-refractivity contribution < 1.29 is 24.2 Å². The Morgan fingerprint density at radius 3 is 2.15 bits per heavy atom. The molecule has 0 spiro atoms. The molecule has 0 aliphatic heterocycles. The Kier molecular flexibility index (Phi) is 13.4. The largest absolute Gasteiger partial charge is 0.466 e. The first-order valence-corrected chi connectivity index (χ1v) is 9.96. The van der Waals surface area contributed by atoms with E-state index in [1.165, 1.54) is 0 Å². The molecule has 0 saturated carbocycles. The summed E-state index contributed by atoms with van der Waals surface area (Å²) in [6.07, 6.45) is 4.94. The Balaban J connectivity index is 4.12. The van der Waals surface area contributed by atoms with E-state index in [1.54, 1.807) is 13.8 Å². The summed E-state index contributed by atoms with van der Waals surface area (Å²) in [5.74, 6) is -0.375. The van der Waals surface area contributed by atoms with E-state index in [-0.39, 0.29) is 23.4 Å². The average molecular weight is 374 g/mol. The Hall–Kier alpha value is -1.14. The van der Waals surface area contributed by atoms with Gasteiger partial charge in [-0.1, -0.05) is 40.0 Å². The van der Waals surface area contributed by atoms with Gasteiger partial charge in [-0.2, -0.15) is 0 Å². The van der Waals surface area contributed by atoms with Crippen LogP contribution in [0, 0.1) is 5.41 Å². The second-order valence-corrected chi connectivity index (χ2v) is 7.69. The van der Waals surface area contributed by atoms with E-state index < -0.39 is 6.10 Å². The molecule has 0 rings (SSSR count). The molecule has 2 unspecified atom stereocenters. The Morgan fingerprint density at radius 1 is 0.962 bits per heavy atom. The molecule has 6 nitrogen and oxygen atoms in total. The monoisotopic (exact) mass is 373 g/mol. The van der Waals surface area contributed by atoms with Crippen LogP contribution in [0.15, 0.2) is 0 Å². The molecule has 0 bridgehead atoms. The molecule has 0 aromatic rings. The molecule has 0 aromatic heterocycles. The summed E-state index contributed by atoms with van der Waals surface area (Å²) >= 11 is 0. The third-order valence-electron chi connectivity index (χ3n) is 4.31. The molecule has 154 valence electrons. The molecule has 0 aliphatic rings. The van der Waals surface area contributed by atoms with Crippen LogP contribution >= 0.6 is 0 Å². The smallest absolute Gasteiger partial charge is 0.323 e. The van der Waals surface area contributed by atoms with E-state index in [4.69, 9.17) is 9.47 Å². The molecule has 6 heteroatoms. The van der Waals surface area contributed by atoms with Gasteiger partial charge >= 0.3 is 11.9 Å². The number of ether oxygens (including phenoxy) is 2. The van der Waals surface area contributed by atoms with Gasteiger partial charge < -0.3 is 19.9 Å². The topological polar surface area (TPSA) is 84.9 Å². The van der Waals surface area contributed by atoms with Crippen LogP contribution < -0.4 is 5.32 Å². The van der Waals surface area contributed by atoms with Crippen molar-refractivity contribution in [2.75, 3.05) is 19.8 Å². The van der Waals surface area contributed by atoms with Crippen LogP contribution in [0.3, 0.4) is 0 Å². The molecule has 2 N–H and O–H groups in total. The minimum Gasteiger partial charge on any atom is -0.466 e. The first kappa shape index (κ1) is 24.9. The highest BCUT2D eigenvalue weighted by Crippen LogP contribution is 2.21. The van der Waals surface area contributed by atoms with Crippen molar-refractivity contribution in [2.24, 2.45) is 5.41 Å². The first-order chi connectivity index (χ1) is 12.2. The molecule has 2 atom stereocenters. The van der Waals surface area contributed by atoms with Crippen LogP contribution in [-0.2, 0) is 19.1 Å². The van der Waals surface area contributed by atoms with E-state index in [0.717, 1.165) is 25.7 Å². The van der Waals surface area contributed by atoms with Crippen LogP contribution in [0.4, 0.5) is 0 Å². The zero-order valence-electron chi connectivity index (χ0n) is 17.3. The predicted octanol–water partition coefficient (Wildman–Crippen LogP) is 3.21. The maximum absolute atomic E-state index is 12.1. The van der Waals surface area contributed by atoms with E-state index in [2.05, 4.69) is 5.32 Å². The number of esters is 2. The molecule has 0 aliphatic carbocycles. The molecule has 0 radical (unpaired) electrons. The van der Waals surface area contributed by atoms with Gasteiger partial charge in [0.1, 0.15) is 6.04 Å². The van der Waals surface area contributed by atoms with Gasteiger partial charge in [0.15, 0.2) is 0 Å². The molecule has 0 amide bonds. The number of aliphatic hydroxyl groups is 1. The van der Waals surface area contributed by atoms with E-state index >= 15 is 0 Å². The van der Waals surface area contributed by atoms with Crippen molar-refractivity contribution in [2.45, 2.75) is 91.7 Å². The normalized spacial score (nSPS) is 13.9. The summed E-state index contributed by atoms with van der Waals surface area (Å²) in [6, 6.07) is -0.341. The lowest BCUT2D eigenvalue weighted by atomic mass is 9.87. The number of nitrogens with one attached hydrogen (secondary N) is 1. The van der Waals surface area contributed by atoms with Crippen LogP contribution in [0.5, 0.6) is 0 Å². The quantitative estimate of drug-likeness (QED) is 0.359. The summed E-state index contributed by atoms with van der Waals surface area (Å²) in [6.45, 7) is 11.0. The second-order valence-electron chi connectivity index (χ2n) is 7.69. The molecule has 0 fully saturated rings. The zero-order valence-corrected chi connectivity index (χ0v) is 17.3. The van der Waals surface area contributed by atoms with E-state index in [0.29, 0.717) is 39.0 Å². The van der Waals surface area contributed by atoms with Gasteiger partial charge in [0.25, 0.3) is 0 Å². The lowest BCUT2D eigenvalue weighted by Gasteiger charge is -2.26. The van der Waals surface area contributed by atoms with Gasteiger partial charge in [0.05, 0.1) is 19.3 Å². The summed E-state index contributed by atoms with van der Waals surface area (Å²) in [4.78, 5) is 23.4. The minimum atomic E-state index is -0.416. The number of carbonyl (C=O) groups excluding carboxylic acids is 2. The van der Waals surface area contributed by atoms with Crippen molar-refractivity contribution in [3.05, 3.63) is 0 Å². The Bertz CT molecular complexity index is 392. The number of rotatable bonds is 14. The first-order valence-electron chi connectivity index (χ1n) is 9.96. The van der Waals surface area contributed by atoms with Gasteiger partial charge in [0.2, 0.25) is 0 Å². The fourth-order valence-electron chi connectivity index (χ4n) is 2.58. The highest BCUT2D eigenvalue weighted by molar-refractivity contribution is 5.75. The lowest BCUT2D eigenvalue weighted by molar-refractivity contribution is -0.146. The second kappa shape index (κ2) is 14.0. The van der Waals surface area contributed by atoms with Crippen molar-refractivity contribution >= 4 is 11.9 Å². The van der Waals surface area contributed by atoms with E-state index in [1.807, 2.05) is 20.8 Å². The maximum Gasteiger partial charge on any atom is 0.323 e. The van der Waals surface area contributed by atoms with Crippen molar-refractivity contribution in [1.82, 2.24) is 5.32 Å². The summed E-state index contributed by atoms with van der Waals surface area (Å²) < 4.78 is 10.0. The number of unbranched alkanes of at least 4 members (excludes halogenated alkanes) is 3. The molecule has 0 heterocycles. The highest BCUT2D eigenvalue weighted by atomic mass is 16.5. The number of hydrogen-bond acceptors (Lipinski definition) is 6. The summed E-state index contributed by atoms with van der Waals surface area (Å²) in [5, 5.41) is 13.3. The molecular weight excluding hydrogens is 334 g/mol. The van der Waals surface area contributed by atoms with Gasteiger partial charge in [-0.3, -0.25) is 9.59 Å². The third kappa shape index (κ3) is 12.3. The summed E-state index contributed by atoms with van der Waals surface area (Å²) in [5.41, 5.74) is -0.167. The lowest BCUT2D eigenvalue weighted by Crippen LogP contribution is -2.40. The van der Waals surface area contributed by atoms with Gasteiger partial charge in [-0.05, 0) is 45.1 Å². The van der Waals surface area contributed by atoms with Crippen LogP contribution in [0.25, 0.3) is 0 Å². The van der Waals surface area contributed by atoms with Crippen LogP contribution in [-0.4, -0.2) is 48.9 Å². The number of aliphatic hydroxyl groups excluding tert-OH is 1.